The number of hydrogen-bond acceptors (Lipinski definition) is 3. The smallest absolute Gasteiger partial charge is 0.238 e. The highest BCUT2D eigenvalue weighted by molar-refractivity contribution is 8.04. The van der Waals surface area contributed by atoms with Crippen molar-refractivity contribution in [2.24, 2.45) is 5.73 Å². The van der Waals surface area contributed by atoms with Gasteiger partial charge in [-0.3, -0.25) is 4.79 Å². The standard InChI is InChI=1S/C6H8N2OS2/c1-3-6(9)8-5(11-3)2-4(7)10/h2-3H,1H3,(H2,7,10)(H,8,9)/b5-2-/t3-/m1/s1. The number of nitrogens with one attached hydrogen (secondary N) is 1. The van der Waals surface area contributed by atoms with Crippen LogP contribution in [-0.4, -0.2) is 16.1 Å². The minimum Gasteiger partial charge on any atom is -0.390 e. The van der Waals surface area contributed by atoms with Crippen molar-refractivity contribution in [3.63, 3.8) is 0 Å². The van der Waals surface area contributed by atoms with Gasteiger partial charge in [-0.05, 0) is 6.92 Å². The van der Waals surface area contributed by atoms with Gasteiger partial charge >= 0.3 is 0 Å². The van der Waals surface area contributed by atoms with E-state index in [1.54, 1.807) is 6.08 Å². The van der Waals surface area contributed by atoms with Crippen LogP contribution in [-0.2, 0) is 4.79 Å². The van der Waals surface area contributed by atoms with Gasteiger partial charge in [0.05, 0.1) is 15.3 Å². The van der Waals surface area contributed by atoms with Crippen molar-refractivity contribution in [1.82, 2.24) is 5.32 Å². The van der Waals surface area contributed by atoms with E-state index < -0.39 is 0 Å². The predicted molar refractivity (Wildman–Crippen MR) is 50.1 cm³/mol. The Kier molecular flexibility index (Phi) is 2.51. The van der Waals surface area contributed by atoms with Crippen LogP contribution in [0.1, 0.15) is 6.92 Å². The average Bonchev–Trinajstić information content (AvgIpc) is 2.10. The van der Waals surface area contributed by atoms with E-state index in [0.717, 1.165) is 5.03 Å². The lowest BCUT2D eigenvalue weighted by Gasteiger charge is -1.92. The van der Waals surface area contributed by atoms with Crippen LogP contribution in [0.25, 0.3) is 0 Å². The second-order valence-electron chi connectivity index (χ2n) is 2.16. The maximum absolute atomic E-state index is 10.9. The molecule has 3 nitrogen and oxygen atoms in total. The monoisotopic (exact) mass is 188 g/mol. The number of carbonyl (C=O) groups excluding carboxylic acids is 1. The first-order valence-corrected chi connectivity index (χ1v) is 4.37. The summed E-state index contributed by atoms with van der Waals surface area (Å²) in [4.78, 5) is 11.2. The average molecular weight is 188 g/mol. The van der Waals surface area contributed by atoms with Gasteiger partial charge in [-0.15, -0.1) is 0 Å². The summed E-state index contributed by atoms with van der Waals surface area (Å²) in [5.74, 6) is 0.0116. The Morgan fingerprint density at radius 3 is 2.91 bits per heavy atom. The van der Waals surface area contributed by atoms with E-state index in [2.05, 4.69) is 17.5 Å². The third-order valence-corrected chi connectivity index (χ3v) is 2.35. The van der Waals surface area contributed by atoms with Crippen molar-refractivity contribution in [3.05, 3.63) is 11.1 Å². The maximum Gasteiger partial charge on any atom is 0.238 e. The predicted octanol–water partition coefficient (Wildman–Crippen LogP) is 0.365. The van der Waals surface area contributed by atoms with Crippen LogP contribution in [0.3, 0.4) is 0 Å². The Hall–Kier alpha value is -0.550. The molecule has 0 aliphatic carbocycles. The molecule has 0 saturated carbocycles. The molecule has 0 radical (unpaired) electrons. The first-order chi connectivity index (χ1) is 5.09. The summed E-state index contributed by atoms with van der Waals surface area (Å²) in [6, 6.07) is 0. The zero-order valence-electron chi connectivity index (χ0n) is 5.96. The molecule has 1 amide bonds. The second-order valence-corrected chi connectivity index (χ2v) is 4.01. The number of hydrogen-bond donors (Lipinski definition) is 2. The number of thioether (sulfide) groups is 1. The zero-order valence-corrected chi connectivity index (χ0v) is 7.59. The fourth-order valence-electron chi connectivity index (χ4n) is 0.696. The van der Waals surface area contributed by atoms with Gasteiger partial charge in [-0.25, -0.2) is 0 Å². The second kappa shape index (κ2) is 3.23. The van der Waals surface area contributed by atoms with Gasteiger partial charge < -0.3 is 11.1 Å². The molecule has 0 aromatic heterocycles. The van der Waals surface area contributed by atoms with Crippen LogP contribution in [0, 0.1) is 0 Å². The van der Waals surface area contributed by atoms with Crippen LogP contribution >= 0.6 is 24.0 Å². The Morgan fingerprint density at radius 2 is 2.55 bits per heavy atom. The summed E-state index contributed by atoms with van der Waals surface area (Å²) in [5.41, 5.74) is 5.25. The van der Waals surface area contributed by atoms with Crippen LogP contribution in [0.2, 0.25) is 0 Å². The van der Waals surface area contributed by atoms with Crippen LogP contribution < -0.4 is 11.1 Å². The lowest BCUT2D eigenvalue weighted by molar-refractivity contribution is -0.118. The molecule has 1 atom stereocenters. The van der Waals surface area contributed by atoms with Crippen molar-refractivity contribution in [3.8, 4) is 0 Å². The minimum absolute atomic E-state index is 0.0116. The molecule has 3 N–H and O–H groups in total. The third-order valence-electron chi connectivity index (χ3n) is 1.19. The molecule has 1 saturated heterocycles. The summed E-state index contributed by atoms with van der Waals surface area (Å²) in [5, 5.41) is 3.37. The molecule has 0 bridgehead atoms. The SMILES string of the molecule is C[C@H]1S/C(=C\C(N)=S)NC1=O. The maximum atomic E-state index is 10.9. The summed E-state index contributed by atoms with van der Waals surface area (Å²) in [7, 11) is 0. The fourth-order valence-corrected chi connectivity index (χ4v) is 1.79. The Labute approximate surface area is 74.4 Å². The Balaban J connectivity index is 2.67. The van der Waals surface area contributed by atoms with E-state index in [9.17, 15) is 4.79 Å². The molecule has 1 fully saturated rings. The van der Waals surface area contributed by atoms with E-state index in [0.29, 0.717) is 4.99 Å². The van der Waals surface area contributed by atoms with E-state index >= 15 is 0 Å². The van der Waals surface area contributed by atoms with Gasteiger partial charge in [0.2, 0.25) is 5.91 Å². The molecule has 11 heavy (non-hydrogen) atoms. The minimum atomic E-state index is -0.0319. The van der Waals surface area contributed by atoms with Crippen molar-refractivity contribution < 1.29 is 4.79 Å². The van der Waals surface area contributed by atoms with E-state index in [1.807, 2.05) is 6.92 Å². The van der Waals surface area contributed by atoms with Crippen molar-refractivity contribution in [1.29, 1.82) is 0 Å². The summed E-state index contributed by atoms with van der Waals surface area (Å²) < 4.78 is 0. The molecular formula is C6H8N2OS2. The first-order valence-electron chi connectivity index (χ1n) is 3.08. The normalized spacial score (nSPS) is 27.2. The molecule has 60 valence electrons. The van der Waals surface area contributed by atoms with Gasteiger partial charge in [0.1, 0.15) is 0 Å². The van der Waals surface area contributed by atoms with Crippen LogP contribution in [0.4, 0.5) is 0 Å². The summed E-state index contributed by atoms with van der Waals surface area (Å²) >= 11 is 6.08. The van der Waals surface area contributed by atoms with Crippen molar-refractivity contribution in [2.75, 3.05) is 0 Å². The Morgan fingerprint density at radius 1 is 1.91 bits per heavy atom. The molecule has 1 heterocycles. The molecule has 0 aromatic carbocycles. The summed E-state index contributed by atoms with van der Waals surface area (Å²) in [6.07, 6.45) is 1.58. The molecular weight excluding hydrogens is 180 g/mol. The van der Waals surface area contributed by atoms with Gasteiger partial charge in [0, 0.05) is 6.08 Å². The lowest BCUT2D eigenvalue weighted by atomic mass is 10.4. The molecule has 1 rings (SSSR count). The van der Waals surface area contributed by atoms with Gasteiger partial charge in [0.15, 0.2) is 0 Å². The highest BCUT2D eigenvalue weighted by Crippen LogP contribution is 2.25. The third kappa shape index (κ3) is 2.20. The highest BCUT2D eigenvalue weighted by Gasteiger charge is 2.23. The number of nitrogens with two attached hydrogens (primary N) is 1. The van der Waals surface area contributed by atoms with E-state index in [4.69, 9.17) is 5.73 Å². The lowest BCUT2D eigenvalue weighted by Crippen LogP contribution is -2.20. The van der Waals surface area contributed by atoms with Crippen LogP contribution in [0.5, 0.6) is 0 Å². The fraction of sp³-hybridized carbons (Fsp3) is 0.333. The van der Waals surface area contributed by atoms with Crippen molar-refractivity contribution in [2.45, 2.75) is 12.2 Å². The highest BCUT2D eigenvalue weighted by atomic mass is 32.2. The number of thiocarbonyl (C=S) groups is 1. The summed E-state index contributed by atoms with van der Waals surface area (Å²) in [6.45, 7) is 1.83. The number of rotatable bonds is 1. The van der Waals surface area contributed by atoms with E-state index in [1.165, 1.54) is 11.8 Å². The molecule has 1 aliphatic rings. The molecule has 5 heteroatoms. The largest absolute Gasteiger partial charge is 0.390 e. The van der Waals surface area contributed by atoms with Gasteiger partial charge in [-0.2, -0.15) is 0 Å². The van der Waals surface area contributed by atoms with Crippen molar-refractivity contribution >= 4 is 34.9 Å². The van der Waals surface area contributed by atoms with Gasteiger partial charge in [-0.1, -0.05) is 24.0 Å². The quantitative estimate of drug-likeness (QED) is 0.461. The topological polar surface area (TPSA) is 55.1 Å². The van der Waals surface area contributed by atoms with Gasteiger partial charge in [0.25, 0.3) is 0 Å². The molecule has 1 aliphatic heterocycles. The molecule has 0 aromatic rings. The van der Waals surface area contributed by atoms with Crippen LogP contribution in [0.15, 0.2) is 11.1 Å². The molecule has 0 spiro atoms. The number of amides is 1. The Bertz CT molecular complexity index is 237. The number of carbonyl (C=O) groups is 1. The first kappa shape index (κ1) is 8.55. The molecule has 0 unspecified atom stereocenters. The van der Waals surface area contributed by atoms with E-state index in [-0.39, 0.29) is 11.2 Å². The zero-order chi connectivity index (χ0) is 8.43.